The third-order valence-electron chi connectivity index (χ3n) is 2.79. The number of aromatic nitrogens is 1. The third-order valence-corrected chi connectivity index (χ3v) is 2.79. The molecule has 3 N–H and O–H groups in total. The number of nitrogens with one attached hydrogen (secondary N) is 1. The Balaban J connectivity index is 1.76. The van der Waals surface area contributed by atoms with Gasteiger partial charge in [0.1, 0.15) is 0 Å². The average molecular weight is 249 g/mol. The molecule has 6 heteroatoms. The van der Waals surface area contributed by atoms with E-state index in [1.165, 1.54) is 0 Å². The normalized spacial score (nSPS) is 13.9. The van der Waals surface area contributed by atoms with Crippen molar-refractivity contribution in [1.82, 2.24) is 9.88 Å². The van der Waals surface area contributed by atoms with E-state index in [1.54, 1.807) is 19.2 Å². The number of methoxy groups -OCH3 is 1. The molecule has 18 heavy (non-hydrogen) atoms. The zero-order valence-electron chi connectivity index (χ0n) is 10.6. The van der Waals surface area contributed by atoms with Crippen LogP contribution in [-0.4, -0.2) is 49.5 Å². The second-order valence-electron chi connectivity index (χ2n) is 4.13. The van der Waals surface area contributed by atoms with Gasteiger partial charge in [0, 0.05) is 25.7 Å². The molecular weight excluding hydrogens is 230 g/mol. The molecule has 0 radical (unpaired) electrons. The van der Waals surface area contributed by atoms with E-state index in [2.05, 4.69) is 20.2 Å². The first-order valence-electron chi connectivity index (χ1n) is 6.08. The van der Waals surface area contributed by atoms with Gasteiger partial charge in [0.25, 0.3) is 0 Å². The minimum atomic E-state index is 0.568. The molecule has 1 aliphatic rings. The highest BCUT2D eigenvalue weighted by Crippen LogP contribution is 2.19. The van der Waals surface area contributed by atoms with Crippen molar-refractivity contribution in [2.75, 3.05) is 44.3 Å². The van der Waals surface area contributed by atoms with Crippen molar-refractivity contribution in [3.8, 4) is 5.88 Å². The summed E-state index contributed by atoms with van der Waals surface area (Å²) >= 11 is 0. The summed E-state index contributed by atoms with van der Waals surface area (Å²) in [6.45, 7) is 3.77. The van der Waals surface area contributed by atoms with Gasteiger partial charge in [-0.1, -0.05) is 0 Å². The summed E-state index contributed by atoms with van der Waals surface area (Å²) in [6.07, 6.45) is 2.93. The molecule has 1 aromatic heterocycles. The summed E-state index contributed by atoms with van der Waals surface area (Å²) in [7, 11) is 1.59. The van der Waals surface area contributed by atoms with Crippen LogP contribution in [0, 0.1) is 0 Å². The SMILES string of the molecule is COc1ccc(N)c(NCCCN2C=NCC2)n1. The fourth-order valence-corrected chi connectivity index (χ4v) is 1.78. The Bertz CT molecular complexity index is 421. The van der Waals surface area contributed by atoms with Gasteiger partial charge in [-0.2, -0.15) is 4.98 Å². The number of nitrogens with two attached hydrogens (primary N) is 1. The lowest BCUT2D eigenvalue weighted by atomic mass is 10.3. The molecule has 0 unspecified atom stereocenters. The predicted octanol–water partition coefficient (Wildman–Crippen LogP) is 0.818. The molecule has 0 amide bonds. The molecule has 0 bridgehead atoms. The summed E-state index contributed by atoms with van der Waals surface area (Å²) in [5, 5.41) is 3.22. The zero-order valence-corrected chi connectivity index (χ0v) is 10.6. The lowest BCUT2D eigenvalue weighted by Gasteiger charge is -2.14. The predicted molar refractivity (Wildman–Crippen MR) is 73.2 cm³/mol. The number of nitrogens with zero attached hydrogens (tertiary/aromatic N) is 3. The molecule has 0 spiro atoms. The summed E-state index contributed by atoms with van der Waals surface area (Å²) in [4.78, 5) is 10.6. The Labute approximate surface area is 107 Å². The summed E-state index contributed by atoms with van der Waals surface area (Å²) in [5.41, 5.74) is 6.47. The van der Waals surface area contributed by atoms with Crippen LogP contribution >= 0.6 is 0 Å². The Morgan fingerprint density at radius 1 is 1.50 bits per heavy atom. The van der Waals surface area contributed by atoms with Crippen molar-refractivity contribution < 1.29 is 4.74 Å². The summed E-state index contributed by atoms with van der Waals surface area (Å²) in [5.74, 6) is 1.25. The van der Waals surface area contributed by atoms with Crippen molar-refractivity contribution >= 4 is 17.8 Å². The van der Waals surface area contributed by atoms with Gasteiger partial charge in [-0.15, -0.1) is 0 Å². The lowest BCUT2D eigenvalue weighted by Crippen LogP contribution is -2.22. The van der Waals surface area contributed by atoms with Gasteiger partial charge < -0.3 is 20.7 Å². The van der Waals surface area contributed by atoms with Crippen LogP contribution in [0.25, 0.3) is 0 Å². The van der Waals surface area contributed by atoms with Crippen LogP contribution in [0.15, 0.2) is 17.1 Å². The Kier molecular flexibility index (Phi) is 4.22. The lowest BCUT2D eigenvalue weighted by molar-refractivity contribution is 0.398. The minimum Gasteiger partial charge on any atom is -0.481 e. The van der Waals surface area contributed by atoms with Crippen LogP contribution in [0.1, 0.15) is 6.42 Å². The second kappa shape index (κ2) is 6.09. The first-order chi connectivity index (χ1) is 8.79. The van der Waals surface area contributed by atoms with Crippen LogP contribution in [0.3, 0.4) is 0 Å². The molecule has 0 aromatic carbocycles. The first-order valence-corrected chi connectivity index (χ1v) is 6.08. The summed E-state index contributed by atoms with van der Waals surface area (Å²) in [6, 6.07) is 3.54. The van der Waals surface area contributed by atoms with Gasteiger partial charge in [-0.25, -0.2) is 0 Å². The molecule has 2 rings (SSSR count). The fourth-order valence-electron chi connectivity index (χ4n) is 1.78. The highest BCUT2D eigenvalue weighted by molar-refractivity contribution is 5.62. The number of pyridine rings is 1. The number of hydrogen-bond acceptors (Lipinski definition) is 6. The molecule has 0 saturated heterocycles. The van der Waals surface area contributed by atoms with E-state index in [1.807, 2.05) is 6.34 Å². The van der Waals surface area contributed by atoms with Crippen molar-refractivity contribution in [2.45, 2.75) is 6.42 Å². The molecule has 1 aliphatic heterocycles. The van der Waals surface area contributed by atoms with Crippen LogP contribution in [0.4, 0.5) is 11.5 Å². The van der Waals surface area contributed by atoms with Gasteiger partial charge >= 0.3 is 0 Å². The Hall–Kier alpha value is -1.98. The molecule has 0 atom stereocenters. The molecule has 0 aliphatic carbocycles. The van der Waals surface area contributed by atoms with Crippen LogP contribution in [0.2, 0.25) is 0 Å². The van der Waals surface area contributed by atoms with Crippen LogP contribution in [-0.2, 0) is 0 Å². The molecule has 98 valence electrons. The van der Waals surface area contributed by atoms with Gasteiger partial charge in [0.05, 0.1) is 25.7 Å². The molecule has 0 saturated carbocycles. The molecule has 0 fully saturated rings. The first kappa shape index (κ1) is 12.5. The topological polar surface area (TPSA) is 75.8 Å². The average Bonchev–Trinajstić information content (AvgIpc) is 2.89. The van der Waals surface area contributed by atoms with E-state index < -0.39 is 0 Å². The van der Waals surface area contributed by atoms with E-state index in [4.69, 9.17) is 10.5 Å². The highest BCUT2D eigenvalue weighted by atomic mass is 16.5. The zero-order chi connectivity index (χ0) is 12.8. The largest absolute Gasteiger partial charge is 0.481 e. The van der Waals surface area contributed by atoms with Crippen molar-refractivity contribution in [2.24, 2.45) is 4.99 Å². The van der Waals surface area contributed by atoms with E-state index in [9.17, 15) is 0 Å². The number of nitrogen functional groups attached to an aromatic ring is 1. The van der Waals surface area contributed by atoms with Crippen LogP contribution < -0.4 is 15.8 Å². The summed E-state index contributed by atoms with van der Waals surface area (Å²) < 4.78 is 5.07. The monoisotopic (exact) mass is 249 g/mol. The van der Waals surface area contributed by atoms with Crippen molar-refractivity contribution in [3.05, 3.63) is 12.1 Å². The standard InChI is InChI=1S/C12H19N5O/c1-18-11-4-3-10(13)12(16-11)15-5-2-7-17-8-6-14-9-17/h3-4,9H,2,5-8,13H2,1H3,(H,15,16). The maximum Gasteiger partial charge on any atom is 0.215 e. The number of anilines is 2. The highest BCUT2D eigenvalue weighted by Gasteiger charge is 2.05. The molecule has 2 heterocycles. The van der Waals surface area contributed by atoms with Gasteiger partial charge in [0.2, 0.25) is 5.88 Å². The Morgan fingerprint density at radius 2 is 2.39 bits per heavy atom. The second-order valence-corrected chi connectivity index (χ2v) is 4.13. The third kappa shape index (κ3) is 3.26. The number of hydrogen-bond donors (Lipinski definition) is 2. The van der Waals surface area contributed by atoms with Gasteiger partial charge in [-0.3, -0.25) is 4.99 Å². The maximum absolute atomic E-state index is 5.84. The number of rotatable bonds is 6. The van der Waals surface area contributed by atoms with Crippen molar-refractivity contribution in [3.63, 3.8) is 0 Å². The smallest absolute Gasteiger partial charge is 0.215 e. The van der Waals surface area contributed by atoms with E-state index in [-0.39, 0.29) is 0 Å². The molecule has 6 nitrogen and oxygen atoms in total. The van der Waals surface area contributed by atoms with E-state index >= 15 is 0 Å². The molecule has 1 aromatic rings. The van der Waals surface area contributed by atoms with Gasteiger partial charge in [0.15, 0.2) is 5.82 Å². The quantitative estimate of drug-likeness (QED) is 0.730. The minimum absolute atomic E-state index is 0.568. The maximum atomic E-state index is 5.84. The number of aliphatic imine (C=N–C) groups is 1. The van der Waals surface area contributed by atoms with Crippen molar-refractivity contribution in [1.29, 1.82) is 0 Å². The fraction of sp³-hybridized carbons (Fsp3) is 0.500. The number of ether oxygens (including phenoxy) is 1. The van der Waals surface area contributed by atoms with Crippen LogP contribution in [0.5, 0.6) is 5.88 Å². The van der Waals surface area contributed by atoms with E-state index in [0.717, 1.165) is 32.6 Å². The Morgan fingerprint density at radius 3 is 3.11 bits per heavy atom. The van der Waals surface area contributed by atoms with E-state index in [0.29, 0.717) is 17.4 Å². The molecular formula is C12H19N5O. The van der Waals surface area contributed by atoms with Gasteiger partial charge in [-0.05, 0) is 12.5 Å².